The standard InChI is InChI=1S/C23H22N4O4/c1-2-3-12-31-19-10-8-16(9-11-19)22(29)24-15-21(28)27-25-14-18-13-17-6-4-5-7-20(17)26-23(18)30/h4-11,13H,2-3,12,15H2,1H3,(H,24,29)(H,27,28). The summed E-state index contributed by atoms with van der Waals surface area (Å²) in [6, 6.07) is 13.8. The highest BCUT2D eigenvalue weighted by molar-refractivity contribution is 6.10. The highest BCUT2D eigenvalue weighted by atomic mass is 16.5. The molecule has 31 heavy (non-hydrogen) atoms. The number of rotatable bonds is 8. The molecule has 1 aliphatic heterocycles. The van der Waals surface area contributed by atoms with Crippen molar-refractivity contribution in [1.82, 2.24) is 10.7 Å². The van der Waals surface area contributed by atoms with Crippen LogP contribution >= 0.6 is 0 Å². The van der Waals surface area contributed by atoms with E-state index in [2.05, 4.69) is 33.6 Å². The maximum Gasteiger partial charge on any atom is 0.287 e. The molecule has 3 amide bonds. The maximum absolute atomic E-state index is 12.2. The van der Waals surface area contributed by atoms with Gasteiger partial charge in [0.05, 0.1) is 18.5 Å². The second-order valence-electron chi connectivity index (χ2n) is 6.70. The van der Waals surface area contributed by atoms with Crippen molar-refractivity contribution in [1.29, 1.82) is 0 Å². The van der Waals surface area contributed by atoms with Gasteiger partial charge in [-0.05, 0) is 42.8 Å². The molecule has 1 heterocycles. The topological polar surface area (TPSA) is 109 Å². The van der Waals surface area contributed by atoms with Gasteiger partial charge in [-0.1, -0.05) is 31.5 Å². The Morgan fingerprint density at radius 1 is 1.13 bits per heavy atom. The Morgan fingerprint density at radius 3 is 2.68 bits per heavy atom. The summed E-state index contributed by atoms with van der Waals surface area (Å²) < 4.78 is 5.55. The number of hydrazone groups is 1. The fourth-order valence-corrected chi connectivity index (χ4v) is 2.67. The zero-order valence-electron chi connectivity index (χ0n) is 17.1. The Kier molecular flexibility index (Phi) is 7.45. The number of carbonyl (C=O) groups is 3. The first-order valence-electron chi connectivity index (χ1n) is 9.89. The number of nitrogens with zero attached hydrogens (tertiary/aromatic N) is 2. The van der Waals surface area contributed by atoms with Crippen molar-refractivity contribution in [2.24, 2.45) is 10.1 Å². The molecule has 3 rings (SSSR count). The van der Waals surface area contributed by atoms with Gasteiger partial charge in [0, 0.05) is 16.7 Å². The van der Waals surface area contributed by atoms with Crippen LogP contribution in [0.4, 0.5) is 0 Å². The first-order valence-corrected chi connectivity index (χ1v) is 9.89. The van der Waals surface area contributed by atoms with Gasteiger partial charge in [-0.15, -0.1) is 5.10 Å². The van der Waals surface area contributed by atoms with E-state index >= 15 is 0 Å². The quantitative estimate of drug-likeness (QED) is 0.287. The largest absolute Gasteiger partial charge is 0.494 e. The molecule has 0 spiro atoms. The first-order chi connectivity index (χ1) is 15.1. The van der Waals surface area contributed by atoms with Crippen LogP contribution in [0.25, 0.3) is 6.08 Å². The fourth-order valence-electron chi connectivity index (χ4n) is 2.67. The number of benzene rings is 2. The van der Waals surface area contributed by atoms with Gasteiger partial charge in [-0.25, -0.2) is 10.4 Å². The molecule has 0 saturated heterocycles. The van der Waals surface area contributed by atoms with Gasteiger partial charge >= 0.3 is 0 Å². The van der Waals surface area contributed by atoms with Crippen LogP contribution in [0.15, 0.2) is 64.2 Å². The van der Waals surface area contributed by atoms with E-state index in [0.29, 0.717) is 23.3 Å². The Balaban J connectivity index is 1.51. The lowest BCUT2D eigenvalue weighted by Crippen LogP contribution is -2.34. The number of ether oxygens (including phenoxy) is 1. The molecule has 0 saturated carbocycles. The summed E-state index contributed by atoms with van der Waals surface area (Å²) in [7, 11) is 0. The average molecular weight is 418 g/mol. The second-order valence-corrected chi connectivity index (χ2v) is 6.70. The minimum atomic E-state index is -0.554. The van der Waals surface area contributed by atoms with E-state index in [1.54, 1.807) is 42.5 Å². The van der Waals surface area contributed by atoms with Crippen molar-refractivity contribution < 1.29 is 19.1 Å². The van der Waals surface area contributed by atoms with Gasteiger partial charge in [0.15, 0.2) is 0 Å². The predicted molar refractivity (Wildman–Crippen MR) is 115 cm³/mol. The molecule has 8 nitrogen and oxygen atoms in total. The van der Waals surface area contributed by atoms with Gasteiger partial charge < -0.3 is 10.1 Å². The molecular weight excluding hydrogens is 396 g/mol. The summed E-state index contributed by atoms with van der Waals surface area (Å²) >= 11 is 0. The molecule has 2 aromatic carbocycles. The molecular formula is C23H22N4O4. The maximum atomic E-state index is 12.2. The summed E-state index contributed by atoms with van der Waals surface area (Å²) in [6.45, 7) is 2.43. The van der Waals surface area contributed by atoms with E-state index in [1.165, 1.54) is 0 Å². The van der Waals surface area contributed by atoms with Crippen molar-refractivity contribution >= 4 is 29.7 Å². The predicted octanol–water partition coefficient (Wildman–Crippen LogP) is 0.863. The molecule has 0 aromatic heterocycles. The molecule has 0 aliphatic carbocycles. The number of fused-ring (bicyclic) bond motifs is 1. The van der Waals surface area contributed by atoms with Crippen molar-refractivity contribution in [2.45, 2.75) is 19.8 Å². The highest BCUT2D eigenvalue weighted by Gasteiger charge is 2.10. The smallest absolute Gasteiger partial charge is 0.287 e. The van der Waals surface area contributed by atoms with Crippen LogP contribution in [0.1, 0.15) is 30.1 Å². The summed E-state index contributed by atoms with van der Waals surface area (Å²) in [4.78, 5) is 40.0. The lowest BCUT2D eigenvalue weighted by atomic mass is 10.1. The lowest BCUT2D eigenvalue weighted by Gasteiger charge is -2.07. The molecule has 0 radical (unpaired) electrons. The minimum Gasteiger partial charge on any atom is -0.494 e. The Bertz CT molecular complexity index is 1160. The molecule has 0 bridgehead atoms. The van der Waals surface area contributed by atoms with E-state index in [9.17, 15) is 14.4 Å². The van der Waals surface area contributed by atoms with Crippen LogP contribution < -0.4 is 26.1 Å². The summed E-state index contributed by atoms with van der Waals surface area (Å²) in [5.74, 6) is 1.72. The van der Waals surface area contributed by atoms with Crippen LogP contribution in [0.2, 0.25) is 0 Å². The third-order valence-corrected chi connectivity index (χ3v) is 4.34. The summed E-state index contributed by atoms with van der Waals surface area (Å²) in [5, 5.41) is 7.49. The number of nitrogens with one attached hydrogen (secondary N) is 2. The summed E-state index contributed by atoms with van der Waals surface area (Å²) in [5.41, 5.74) is 2.76. The normalized spacial score (nSPS) is 11.9. The number of carbonyl (C=O) groups excluding carboxylic acids is 3. The van der Waals surface area contributed by atoms with Crippen LogP contribution in [-0.2, 0) is 9.59 Å². The number of hydrogen-bond acceptors (Lipinski definition) is 5. The van der Waals surface area contributed by atoms with Crippen LogP contribution in [0.3, 0.4) is 0 Å². The average Bonchev–Trinajstić information content (AvgIpc) is 2.78. The third kappa shape index (κ3) is 6.22. The molecule has 0 atom stereocenters. The lowest BCUT2D eigenvalue weighted by molar-refractivity contribution is -0.120. The molecule has 0 fully saturated rings. The Hall–Kier alpha value is -4.03. The third-order valence-electron chi connectivity index (χ3n) is 4.34. The second kappa shape index (κ2) is 10.7. The number of para-hydroxylation sites is 1. The van der Waals surface area contributed by atoms with E-state index in [1.807, 2.05) is 12.1 Å². The number of hydrogen-bond donors (Lipinski definition) is 2. The van der Waals surface area contributed by atoms with E-state index in [4.69, 9.17) is 4.74 Å². The Labute approximate surface area is 179 Å². The van der Waals surface area contributed by atoms with Gasteiger partial charge in [-0.3, -0.25) is 14.4 Å². The van der Waals surface area contributed by atoms with Gasteiger partial charge in [0.1, 0.15) is 11.3 Å². The zero-order valence-corrected chi connectivity index (χ0v) is 17.1. The van der Waals surface area contributed by atoms with E-state index < -0.39 is 17.7 Å². The molecule has 1 aliphatic rings. The van der Waals surface area contributed by atoms with E-state index in [-0.39, 0.29) is 12.1 Å². The molecule has 0 unspecified atom stereocenters. The van der Waals surface area contributed by atoms with Gasteiger partial charge in [-0.2, -0.15) is 0 Å². The SMILES string of the molecule is CCCCOc1ccc(C(=O)NCC(=O)NN=C=C2C=c3ccccc3=NC2=O)cc1. The Morgan fingerprint density at radius 2 is 1.90 bits per heavy atom. The van der Waals surface area contributed by atoms with Gasteiger partial charge in [0.25, 0.3) is 17.7 Å². The molecule has 2 N–H and O–H groups in total. The zero-order chi connectivity index (χ0) is 22.1. The van der Waals surface area contributed by atoms with Crippen molar-refractivity contribution in [3.05, 3.63) is 70.2 Å². The van der Waals surface area contributed by atoms with Gasteiger partial charge in [0.2, 0.25) is 0 Å². The van der Waals surface area contributed by atoms with E-state index in [0.717, 1.165) is 18.1 Å². The number of unbranched alkanes of at least 4 members (excludes halogenated alkanes) is 1. The highest BCUT2D eigenvalue weighted by Crippen LogP contribution is 2.12. The van der Waals surface area contributed by atoms with Crippen molar-refractivity contribution in [3.8, 4) is 5.75 Å². The first kappa shape index (κ1) is 21.7. The van der Waals surface area contributed by atoms with Crippen LogP contribution in [-0.4, -0.2) is 36.7 Å². The van der Waals surface area contributed by atoms with Crippen LogP contribution in [0, 0.1) is 0 Å². The van der Waals surface area contributed by atoms with Crippen molar-refractivity contribution in [2.75, 3.05) is 13.2 Å². The summed E-state index contributed by atoms with van der Waals surface area (Å²) in [6.07, 6.45) is 3.60. The molecule has 2 aromatic rings. The monoisotopic (exact) mass is 418 g/mol. The molecule has 8 heteroatoms. The fraction of sp³-hybridized carbons (Fsp3) is 0.217. The minimum absolute atomic E-state index is 0.129. The van der Waals surface area contributed by atoms with Crippen LogP contribution in [0.5, 0.6) is 5.75 Å². The molecule has 158 valence electrons. The number of amides is 3. The van der Waals surface area contributed by atoms with Crippen molar-refractivity contribution in [3.63, 3.8) is 0 Å².